The Labute approximate surface area is 166 Å². The number of amides is 2. The molecule has 9 heteroatoms. The molecular formula is C20H22F3N3O3. The molecule has 3 rings (SSSR count). The highest BCUT2D eigenvalue weighted by molar-refractivity contribution is 5.74. The summed E-state index contributed by atoms with van der Waals surface area (Å²) in [5.41, 5.74) is 1.22. The molecule has 0 radical (unpaired) electrons. The van der Waals surface area contributed by atoms with Gasteiger partial charge >= 0.3 is 12.4 Å². The molecule has 0 aromatic heterocycles. The van der Waals surface area contributed by atoms with E-state index in [2.05, 4.69) is 15.0 Å². The van der Waals surface area contributed by atoms with Crippen LogP contribution in [0.2, 0.25) is 0 Å². The topological polar surface area (TPSA) is 54.0 Å². The number of hydrogen-bond acceptors (Lipinski definition) is 4. The van der Waals surface area contributed by atoms with Crippen LogP contribution in [0.1, 0.15) is 5.56 Å². The monoisotopic (exact) mass is 409 g/mol. The summed E-state index contributed by atoms with van der Waals surface area (Å²) in [4.78, 5) is 16.2. The zero-order chi connectivity index (χ0) is 20.9. The van der Waals surface area contributed by atoms with Crippen molar-refractivity contribution < 1.29 is 27.4 Å². The molecule has 156 valence electrons. The summed E-state index contributed by atoms with van der Waals surface area (Å²) in [7, 11) is 1.61. The van der Waals surface area contributed by atoms with Gasteiger partial charge in [-0.25, -0.2) is 4.79 Å². The number of nitrogens with zero attached hydrogens (tertiary/aromatic N) is 2. The molecule has 1 aliphatic rings. The molecule has 2 aromatic rings. The molecular weight excluding hydrogens is 387 g/mol. The van der Waals surface area contributed by atoms with Gasteiger partial charge in [-0.05, 0) is 18.2 Å². The molecule has 0 spiro atoms. The third-order valence-corrected chi connectivity index (χ3v) is 4.62. The third kappa shape index (κ3) is 5.46. The van der Waals surface area contributed by atoms with Crippen molar-refractivity contribution in [2.75, 3.05) is 38.2 Å². The van der Waals surface area contributed by atoms with E-state index in [-0.39, 0.29) is 23.9 Å². The van der Waals surface area contributed by atoms with Gasteiger partial charge in [0, 0.05) is 38.3 Å². The lowest BCUT2D eigenvalue weighted by molar-refractivity contribution is -0.274. The van der Waals surface area contributed by atoms with Crippen LogP contribution in [0, 0.1) is 0 Å². The first kappa shape index (κ1) is 20.6. The Morgan fingerprint density at radius 3 is 2.28 bits per heavy atom. The predicted octanol–water partition coefficient (Wildman–Crippen LogP) is 3.63. The molecule has 2 aromatic carbocycles. The number of ether oxygens (including phenoxy) is 2. The second-order valence-corrected chi connectivity index (χ2v) is 6.46. The number of alkyl halides is 3. The van der Waals surface area contributed by atoms with E-state index in [0.717, 1.165) is 11.4 Å². The number of carbonyl (C=O) groups excluding carboxylic acids is 1. The van der Waals surface area contributed by atoms with Gasteiger partial charge in [-0.15, -0.1) is 13.2 Å². The van der Waals surface area contributed by atoms with Crippen LogP contribution in [-0.2, 0) is 6.54 Å². The fraction of sp³-hybridized carbons (Fsp3) is 0.350. The first-order chi connectivity index (χ1) is 13.9. The highest BCUT2D eigenvalue weighted by Gasteiger charge is 2.32. The van der Waals surface area contributed by atoms with E-state index in [1.165, 1.54) is 18.2 Å². The van der Waals surface area contributed by atoms with Crippen molar-refractivity contribution in [3.05, 3.63) is 54.1 Å². The number of carbonyl (C=O) groups is 1. The molecule has 0 atom stereocenters. The van der Waals surface area contributed by atoms with Crippen LogP contribution in [0.25, 0.3) is 0 Å². The highest BCUT2D eigenvalue weighted by atomic mass is 19.4. The second kappa shape index (κ2) is 8.93. The van der Waals surface area contributed by atoms with E-state index in [1.807, 2.05) is 24.3 Å². The maximum atomic E-state index is 12.5. The van der Waals surface area contributed by atoms with Crippen LogP contribution in [0.15, 0.2) is 48.5 Å². The Morgan fingerprint density at radius 2 is 1.62 bits per heavy atom. The van der Waals surface area contributed by atoms with Crippen LogP contribution in [0.4, 0.5) is 23.7 Å². The minimum atomic E-state index is -4.78. The third-order valence-electron chi connectivity index (χ3n) is 4.62. The van der Waals surface area contributed by atoms with Gasteiger partial charge in [0.25, 0.3) is 0 Å². The molecule has 1 heterocycles. The van der Waals surface area contributed by atoms with E-state index < -0.39 is 6.36 Å². The summed E-state index contributed by atoms with van der Waals surface area (Å²) in [6.45, 7) is 2.18. The van der Waals surface area contributed by atoms with Crippen LogP contribution >= 0.6 is 0 Å². The molecule has 1 fully saturated rings. The van der Waals surface area contributed by atoms with Gasteiger partial charge in [0.2, 0.25) is 0 Å². The zero-order valence-electron chi connectivity index (χ0n) is 15.9. The fourth-order valence-electron chi connectivity index (χ4n) is 3.20. The molecule has 1 aliphatic heterocycles. The van der Waals surface area contributed by atoms with Crippen molar-refractivity contribution in [2.24, 2.45) is 0 Å². The average Bonchev–Trinajstić information content (AvgIpc) is 2.72. The second-order valence-electron chi connectivity index (χ2n) is 6.46. The molecule has 0 saturated carbocycles. The molecule has 6 nitrogen and oxygen atoms in total. The Bertz CT molecular complexity index is 837. The summed E-state index contributed by atoms with van der Waals surface area (Å²) in [5, 5.41) is 2.67. The number of urea groups is 1. The van der Waals surface area contributed by atoms with Crippen molar-refractivity contribution >= 4 is 11.7 Å². The van der Waals surface area contributed by atoms with Gasteiger partial charge in [0.1, 0.15) is 11.5 Å². The maximum Gasteiger partial charge on any atom is 0.573 e. The van der Waals surface area contributed by atoms with E-state index in [1.54, 1.807) is 18.1 Å². The molecule has 0 unspecified atom stereocenters. The summed E-state index contributed by atoms with van der Waals surface area (Å²) in [5.74, 6) is 0.452. The minimum Gasteiger partial charge on any atom is -0.495 e. The first-order valence-electron chi connectivity index (χ1n) is 9.12. The summed E-state index contributed by atoms with van der Waals surface area (Å²) < 4.78 is 46.9. The Hall–Kier alpha value is -3.10. The van der Waals surface area contributed by atoms with Crippen molar-refractivity contribution in [3.63, 3.8) is 0 Å². The lowest BCUT2D eigenvalue weighted by atomic mass is 10.2. The molecule has 0 aliphatic carbocycles. The largest absolute Gasteiger partial charge is 0.573 e. The van der Waals surface area contributed by atoms with Gasteiger partial charge in [-0.2, -0.15) is 0 Å². The van der Waals surface area contributed by atoms with Crippen LogP contribution in [0.5, 0.6) is 11.5 Å². The van der Waals surface area contributed by atoms with Crippen molar-refractivity contribution in [1.82, 2.24) is 10.2 Å². The predicted molar refractivity (Wildman–Crippen MR) is 102 cm³/mol. The number of para-hydroxylation sites is 3. The molecule has 29 heavy (non-hydrogen) atoms. The minimum absolute atomic E-state index is 0.0577. The fourth-order valence-corrected chi connectivity index (χ4v) is 3.20. The van der Waals surface area contributed by atoms with E-state index in [9.17, 15) is 18.0 Å². The van der Waals surface area contributed by atoms with Gasteiger partial charge in [-0.1, -0.05) is 30.3 Å². The zero-order valence-corrected chi connectivity index (χ0v) is 15.9. The lowest BCUT2D eigenvalue weighted by Gasteiger charge is -2.36. The summed E-state index contributed by atoms with van der Waals surface area (Å²) in [6.07, 6.45) is -4.78. The van der Waals surface area contributed by atoms with Gasteiger partial charge in [0.15, 0.2) is 0 Å². The summed E-state index contributed by atoms with van der Waals surface area (Å²) in [6, 6.07) is 13.1. The van der Waals surface area contributed by atoms with E-state index in [0.29, 0.717) is 26.2 Å². The normalized spacial score (nSPS) is 14.5. The number of piperazine rings is 1. The maximum absolute atomic E-state index is 12.5. The number of hydrogen-bond donors (Lipinski definition) is 1. The van der Waals surface area contributed by atoms with Crippen molar-refractivity contribution in [1.29, 1.82) is 0 Å². The van der Waals surface area contributed by atoms with E-state index in [4.69, 9.17) is 4.74 Å². The number of rotatable bonds is 5. The van der Waals surface area contributed by atoms with Crippen LogP contribution in [-0.4, -0.2) is 50.6 Å². The van der Waals surface area contributed by atoms with E-state index >= 15 is 0 Å². The number of nitrogens with one attached hydrogen (secondary N) is 1. The number of benzene rings is 2. The van der Waals surface area contributed by atoms with Crippen molar-refractivity contribution in [3.8, 4) is 11.5 Å². The van der Waals surface area contributed by atoms with Gasteiger partial charge < -0.3 is 24.6 Å². The molecule has 0 bridgehead atoms. The van der Waals surface area contributed by atoms with Crippen LogP contribution < -0.4 is 19.7 Å². The van der Waals surface area contributed by atoms with Crippen LogP contribution in [0.3, 0.4) is 0 Å². The average molecular weight is 409 g/mol. The summed E-state index contributed by atoms with van der Waals surface area (Å²) >= 11 is 0. The highest BCUT2D eigenvalue weighted by Crippen LogP contribution is 2.28. The first-order valence-corrected chi connectivity index (χ1v) is 9.12. The smallest absolute Gasteiger partial charge is 0.495 e. The Balaban J connectivity index is 1.55. The number of anilines is 1. The Kier molecular flexibility index (Phi) is 6.36. The standard InChI is InChI=1S/C20H22F3N3O3/c1-28-18-9-5-3-7-16(18)25-10-12-26(13-11-25)19(27)24-14-15-6-2-4-8-17(15)29-20(21,22)23/h2-9H,10-14H2,1H3,(H,24,27). The SMILES string of the molecule is COc1ccccc1N1CCN(C(=O)NCc2ccccc2OC(F)(F)F)CC1. The molecule has 1 saturated heterocycles. The molecule has 2 amide bonds. The van der Waals surface area contributed by atoms with Crippen molar-refractivity contribution in [2.45, 2.75) is 12.9 Å². The quantitative estimate of drug-likeness (QED) is 0.820. The molecule has 1 N–H and O–H groups in total. The van der Waals surface area contributed by atoms with Gasteiger partial charge in [0.05, 0.1) is 12.8 Å². The Morgan fingerprint density at radius 1 is 1.00 bits per heavy atom. The number of halogens is 3. The number of methoxy groups -OCH3 is 1. The van der Waals surface area contributed by atoms with Gasteiger partial charge in [-0.3, -0.25) is 0 Å². The lowest BCUT2D eigenvalue weighted by Crippen LogP contribution is -2.51.